The van der Waals surface area contributed by atoms with Crippen molar-refractivity contribution in [2.75, 3.05) is 0 Å². The highest BCUT2D eigenvalue weighted by atomic mass is 16.3. The summed E-state index contributed by atoms with van der Waals surface area (Å²) in [7, 11) is 0. The molecule has 2 aliphatic rings. The molecule has 1 N–H and O–H groups in total. The zero-order valence-corrected chi connectivity index (χ0v) is 14.5. The quantitative estimate of drug-likeness (QED) is 0.865. The lowest BCUT2D eigenvalue weighted by molar-refractivity contribution is -0.159. The van der Waals surface area contributed by atoms with Crippen molar-refractivity contribution in [1.82, 2.24) is 0 Å². The molecule has 0 aromatic heterocycles. The van der Waals surface area contributed by atoms with Crippen molar-refractivity contribution in [2.45, 2.75) is 53.1 Å². The molecule has 0 amide bonds. The summed E-state index contributed by atoms with van der Waals surface area (Å²) in [5.74, 6) is -0.370. The summed E-state index contributed by atoms with van der Waals surface area (Å²) in [6, 6.07) is 3.97. The van der Waals surface area contributed by atoms with Gasteiger partial charge in [0.2, 0.25) is 0 Å². The normalized spacial score (nSPS) is 26.0. The van der Waals surface area contributed by atoms with Gasteiger partial charge in [-0.1, -0.05) is 26.0 Å². The van der Waals surface area contributed by atoms with Crippen molar-refractivity contribution in [2.24, 2.45) is 11.3 Å². The highest BCUT2D eigenvalue weighted by Crippen LogP contribution is 2.52. The van der Waals surface area contributed by atoms with Crippen LogP contribution >= 0.6 is 0 Å². The Bertz CT molecular complexity index is 752. The topological polar surface area (TPSA) is 54.4 Å². The van der Waals surface area contributed by atoms with Crippen LogP contribution in [0.15, 0.2) is 17.7 Å². The minimum Gasteiger partial charge on any atom is -0.376 e. The summed E-state index contributed by atoms with van der Waals surface area (Å²) in [4.78, 5) is 25.9. The molecule has 0 bridgehead atoms. The van der Waals surface area contributed by atoms with Gasteiger partial charge in [0.15, 0.2) is 11.4 Å². The lowest BCUT2D eigenvalue weighted by Gasteiger charge is -2.44. The summed E-state index contributed by atoms with van der Waals surface area (Å²) in [6.07, 6.45) is 2.83. The Kier molecular flexibility index (Phi) is 3.42. The fourth-order valence-electron chi connectivity index (χ4n) is 3.97. The Hall–Kier alpha value is -1.74. The van der Waals surface area contributed by atoms with Crippen molar-refractivity contribution in [3.8, 4) is 0 Å². The summed E-state index contributed by atoms with van der Waals surface area (Å²) >= 11 is 0. The van der Waals surface area contributed by atoms with Crippen LogP contribution in [0, 0.1) is 18.3 Å². The third kappa shape index (κ3) is 1.92. The van der Waals surface area contributed by atoms with E-state index in [-0.39, 0.29) is 17.5 Å². The molecule has 3 rings (SSSR count). The SMILES string of the molecule is Cc1ccc2c3c1CCC(=O)C(C)(C)[C@]3(O)C(=O)C(C(C)C)=C2. The van der Waals surface area contributed by atoms with Crippen LogP contribution < -0.4 is 0 Å². The summed E-state index contributed by atoms with van der Waals surface area (Å²) in [6.45, 7) is 9.28. The highest BCUT2D eigenvalue weighted by molar-refractivity contribution is 6.12. The van der Waals surface area contributed by atoms with Gasteiger partial charge in [-0.25, -0.2) is 0 Å². The van der Waals surface area contributed by atoms with Gasteiger partial charge >= 0.3 is 0 Å². The summed E-state index contributed by atoms with van der Waals surface area (Å²) in [5, 5.41) is 11.6. The lowest BCUT2D eigenvalue weighted by atomic mass is 9.61. The Morgan fingerprint density at radius 3 is 2.39 bits per heavy atom. The standard InChI is InChI=1S/C20H24O3/c1-11(2)15-10-13-7-6-12(3)14-8-9-16(21)19(4,5)20(23,17(13)14)18(15)22/h6-7,10-11,23H,8-9H2,1-5H3/t20-/m1/s1. The number of carbonyl (C=O) groups is 2. The molecule has 0 fully saturated rings. The fraction of sp³-hybridized carbons (Fsp3) is 0.500. The molecule has 1 aromatic rings. The predicted octanol–water partition coefficient (Wildman–Crippen LogP) is 3.35. The number of ketones is 2. The molecule has 0 unspecified atom stereocenters. The lowest BCUT2D eigenvalue weighted by Crippen LogP contribution is -2.54. The van der Waals surface area contributed by atoms with E-state index < -0.39 is 11.0 Å². The van der Waals surface area contributed by atoms with Gasteiger partial charge in [-0.2, -0.15) is 0 Å². The third-order valence-electron chi connectivity index (χ3n) is 5.67. The van der Waals surface area contributed by atoms with Gasteiger partial charge in [0.05, 0.1) is 5.41 Å². The molecular weight excluding hydrogens is 288 g/mol. The minimum atomic E-state index is -1.77. The molecule has 0 saturated carbocycles. The largest absolute Gasteiger partial charge is 0.376 e. The molecule has 1 aromatic carbocycles. The maximum absolute atomic E-state index is 13.2. The first kappa shape index (κ1) is 16.1. The predicted molar refractivity (Wildman–Crippen MR) is 90.0 cm³/mol. The van der Waals surface area contributed by atoms with E-state index in [9.17, 15) is 14.7 Å². The van der Waals surface area contributed by atoms with E-state index in [1.807, 2.05) is 39.0 Å². The van der Waals surface area contributed by atoms with Crippen molar-refractivity contribution in [3.05, 3.63) is 40.0 Å². The summed E-state index contributed by atoms with van der Waals surface area (Å²) in [5.41, 5.74) is 1.20. The number of hydrogen-bond donors (Lipinski definition) is 1. The third-order valence-corrected chi connectivity index (χ3v) is 5.67. The van der Waals surface area contributed by atoms with Crippen molar-refractivity contribution in [1.29, 1.82) is 0 Å². The highest BCUT2D eigenvalue weighted by Gasteiger charge is 2.59. The van der Waals surface area contributed by atoms with Gasteiger partial charge in [-0.15, -0.1) is 0 Å². The van der Waals surface area contributed by atoms with Crippen LogP contribution in [0.1, 0.15) is 56.4 Å². The zero-order valence-electron chi connectivity index (χ0n) is 14.5. The number of rotatable bonds is 1. The maximum Gasteiger partial charge on any atom is 0.196 e. The molecule has 0 spiro atoms. The molecule has 3 nitrogen and oxygen atoms in total. The Morgan fingerprint density at radius 2 is 1.78 bits per heavy atom. The van der Waals surface area contributed by atoms with Gasteiger partial charge < -0.3 is 5.11 Å². The molecule has 0 heterocycles. The van der Waals surface area contributed by atoms with Crippen LogP contribution in [0.25, 0.3) is 6.08 Å². The number of Topliss-reactive ketones (excluding diaryl/α,β-unsaturated/α-hetero) is 2. The van der Waals surface area contributed by atoms with Crippen LogP contribution in [0.5, 0.6) is 0 Å². The van der Waals surface area contributed by atoms with E-state index >= 15 is 0 Å². The van der Waals surface area contributed by atoms with Gasteiger partial charge in [0, 0.05) is 17.6 Å². The molecule has 23 heavy (non-hydrogen) atoms. The van der Waals surface area contributed by atoms with Gasteiger partial charge in [0.1, 0.15) is 5.78 Å². The number of aryl methyl sites for hydroxylation is 1. The molecule has 3 heteroatoms. The van der Waals surface area contributed by atoms with Gasteiger partial charge in [-0.05, 0) is 55.9 Å². The first-order chi connectivity index (χ1) is 10.6. The van der Waals surface area contributed by atoms with Crippen LogP contribution in [0.4, 0.5) is 0 Å². The first-order valence-electron chi connectivity index (χ1n) is 8.27. The molecule has 122 valence electrons. The summed E-state index contributed by atoms with van der Waals surface area (Å²) < 4.78 is 0. The average Bonchev–Trinajstić information content (AvgIpc) is 2.55. The van der Waals surface area contributed by atoms with E-state index in [1.165, 1.54) is 0 Å². The second-order valence-electron chi connectivity index (χ2n) is 7.67. The molecule has 0 saturated heterocycles. The van der Waals surface area contributed by atoms with Crippen LogP contribution in [-0.4, -0.2) is 16.7 Å². The van der Waals surface area contributed by atoms with E-state index in [2.05, 4.69) is 0 Å². The molecule has 0 radical (unpaired) electrons. The van der Waals surface area contributed by atoms with E-state index in [0.29, 0.717) is 24.0 Å². The number of hydrogen-bond acceptors (Lipinski definition) is 3. The smallest absolute Gasteiger partial charge is 0.196 e. The Balaban J connectivity index is 2.45. The molecule has 1 atom stereocenters. The Labute approximate surface area is 137 Å². The number of carbonyl (C=O) groups excluding carboxylic acids is 2. The van der Waals surface area contributed by atoms with Crippen LogP contribution in [0.2, 0.25) is 0 Å². The number of aliphatic hydroxyl groups is 1. The van der Waals surface area contributed by atoms with E-state index in [1.54, 1.807) is 13.8 Å². The van der Waals surface area contributed by atoms with Crippen molar-refractivity contribution >= 4 is 17.6 Å². The monoisotopic (exact) mass is 312 g/mol. The van der Waals surface area contributed by atoms with Gasteiger partial charge in [0.25, 0.3) is 0 Å². The average molecular weight is 312 g/mol. The molecule has 2 aliphatic carbocycles. The molecule has 0 aliphatic heterocycles. The van der Waals surface area contributed by atoms with Crippen molar-refractivity contribution in [3.63, 3.8) is 0 Å². The Morgan fingerprint density at radius 1 is 1.13 bits per heavy atom. The second-order valence-corrected chi connectivity index (χ2v) is 7.67. The first-order valence-corrected chi connectivity index (χ1v) is 8.27. The van der Waals surface area contributed by atoms with Crippen molar-refractivity contribution < 1.29 is 14.7 Å². The van der Waals surface area contributed by atoms with E-state index in [4.69, 9.17) is 0 Å². The molecular formula is C20H24O3. The number of benzene rings is 1. The fourth-order valence-corrected chi connectivity index (χ4v) is 3.97. The zero-order chi connectivity index (χ0) is 17.2. The van der Waals surface area contributed by atoms with Crippen LogP contribution in [-0.2, 0) is 21.6 Å². The van der Waals surface area contributed by atoms with E-state index in [0.717, 1.165) is 16.7 Å². The minimum absolute atomic E-state index is 0.00131. The second kappa shape index (κ2) is 4.88. The maximum atomic E-state index is 13.2. The van der Waals surface area contributed by atoms with Gasteiger partial charge in [-0.3, -0.25) is 9.59 Å². The van der Waals surface area contributed by atoms with Crippen LogP contribution in [0.3, 0.4) is 0 Å².